The van der Waals surface area contributed by atoms with Crippen LogP contribution < -0.4 is 4.90 Å². The van der Waals surface area contributed by atoms with E-state index < -0.39 is 5.41 Å². The van der Waals surface area contributed by atoms with Crippen LogP contribution in [-0.4, -0.2) is 0 Å². The second kappa shape index (κ2) is 14.8. The topological polar surface area (TPSA) is 16.4 Å². The van der Waals surface area contributed by atoms with Crippen LogP contribution in [0.1, 0.15) is 22.3 Å². The van der Waals surface area contributed by atoms with E-state index in [0.29, 0.717) is 0 Å². The summed E-state index contributed by atoms with van der Waals surface area (Å²) in [5, 5.41) is 6.99. The highest BCUT2D eigenvalue weighted by Crippen LogP contribution is 2.58. The number of nitrogens with zero attached hydrogens (tertiary/aromatic N) is 1. The molecule has 0 N–H and O–H groups in total. The zero-order valence-electron chi connectivity index (χ0n) is 35.5. The molecule has 13 rings (SSSR count). The maximum Gasteiger partial charge on any atom is 0.143 e. The number of rotatable bonds is 7. The lowest BCUT2D eigenvalue weighted by Gasteiger charge is -2.34. The first-order valence-corrected chi connectivity index (χ1v) is 22.4. The molecule has 0 unspecified atom stereocenters. The van der Waals surface area contributed by atoms with E-state index in [1.807, 2.05) is 0 Å². The van der Waals surface area contributed by atoms with Gasteiger partial charge in [-0.25, -0.2) is 0 Å². The number of anilines is 3. The fraction of sp³-hybridized carbons (Fsp3) is 0.0159. The number of benzene rings is 11. The molecule has 0 bridgehead atoms. The molecule has 1 aromatic heterocycles. The minimum atomic E-state index is -0.451. The average molecular weight is 828 g/mol. The Morgan fingerprint density at radius 1 is 0.308 bits per heavy atom. The van der Waals surface area contributed by atoms with E-state index in [0.717, 1.165) is 55.5 Å². The zero-order chi connectivity index (χ0) is 42.9. The minimum absolute atomic E-state index is 0.451. The Labute approximate surface area is 377 Å². The molecule has 0 amide bonds. The Kier molecular flexibility index (Phi) is 8.47. The van der Waals surface area contributed by atoms with E-state index in [2.05, 4.69) is 254 Å². The van der Waals surface area contributed by atoms with Crippen LogP contribution in [0.3, 0.4) is 0 Å². The van der Waals surface area contributed by atoms with Gasteiger partial charge in [0.25, 0.3) is 0 Å². The second-order valence-corrected chi connectivity index (χ2v) is 17.2. The van der Waals surface area contributed by atoms with Crippen molar-refractivity contribution in [3.05, 3.63) is 271 Å². The van der Waals surface area contributed by atoms with E-state index in [9.17, 15) is 0 Å². The van der Waals surface area contributed by atoms with E-state index in [4.69, 9.17) is 4.42 Å². The highest BCUT2D eigenvalue weighted by molar-refractivity contribution is 6.17. The number of fused-ring (bicyclic) bond motifs is 9. The average Bonchev–Trinajstić information content (AvgIpc) is 3.92. The molecular weight excluding hydrogens is 787 g/mol. The van der Waals surface area contributed by atoms with E-state index in [-0.39, 0.29) is 0 Å². The number of furan rings is 1. The predicted octanol–water partition coefficient (Wildman–Crippen LogP) is 17.1. The number of hydrogen-bond acceptors (Lipinski definition) is 2. The lowest BCUT2D eigenvalue weighted by Crippen LogP contribution is -2.28. The molecule has 304 valence electrons. The molecule has 0 spiro atoms. The maximum atomic E-state index is 6.75. The molecule has 0 radical (unpaired) electrons. The smallest absolute Gasteiger partial charge is 0.143 e. The summed E-state index contributed by atoms with van der Waals surface area (Å²) in [6.07, 6.45) is 0. The van der Waals surface area contributed by atoms with Gasteiger partial charge in [0, 0.05) is 38.8 Å². The molecule has 0 saturated carbocycles. The first-order valence-electron chi connectivity index (χ1n) is 22.4. The van der Waals surface area contributed by atoms with Crippen LogP contribution in [0.15, 0.2) is 253 Å². The third kappa shape index (κ3) is 5.74. The van der Waals surface area contributed by atoms with Crippen LogP contribution in [0.5, 0.6) is 0 Å². The first-order chi connectivity index (χ1) is 32.2. The predicted molar refractivity (Wildman–Crippen MR) is 272 cm³/mol. The van der Waals surface area contributed by atoms with Gasteiger partial charge < -0.3 is 9.32 Å². The standard InChI is InChI=1S/C63H41NO/c1-3-18-47(19-4-1)63(48-20-5-2-6-21-48)58-27-12-11-23-57(58)60-52(24-14-28-59(60)63)44-30-35-49(36-31-44)64(51-39-29-42-15-7-8-17-46(42)41-51)50-37-32-45(33-38-50)54-25-13-26-55-56-40-34-43-16-9-10-22-53(43)62(56)65-61(54)55/h1-41H. The molecule has 0 fully saturated rings. The van der Waals surface area contributed by atoms with Crippen LogP contribution in [0.2, 0.25) is 0 Å². The van der Waals surface area contributed by atoms with Crippen LogP contribution in [0, 0.1) is 0 Å². The molecule has 2 heteroatoms. The summed E-state index contributed by atoms with van der Waals surface area (Å²) >= 11 is 0. The van der Waals surface area contributed by atoms with Crippen LogP contribution in [0.4, 0.5) is 17.1 Å². The van der Waals surface area contributed by atoms with Gasteiger partial charge in [-0.05, 0) is 109 Å². The van der Waals surface area contributed by atoms with Gasteiger partial charge in [-0.3, -0.25) is 0 Å². The van der Waals surface area contributed by atoms with Crippen LogP contribution in [0.25, 0.3) is 76.9 Å². The molecule has 0 aliphatic heterocycles. The van der Waals surface area contributed by atoms with E-state index in [1.54, 1.807) is 0 Å². The Balaban J connectivity index is 0.931. The maximum absolute atomic E-state index is 6.75. The molecule has 12 aromatic rings. The molecule has 2 nitrogen and oxygen atoms in total. The fourth-order valence-corrected chi connectivity index (χ4v) is 10.8. The largest absolute Gasteiger partial charge is 0.455 e. The van der Waals surface area contributed by atoms with E-state index >= 15 is 0 Å². The van der Waals surface area contributed by atoms with Crippen molar-refractivity contribution in [2.75, 3.05) is 4.90 Å². The highest BCUT2D eigenvalue weighted by atomic mass is 16.3. The molecule has 1 aliphatic rings. The Bertz CT molecular complexity index is 3710. The summed E-state index contributed by atoms with van der Waals surface area (Å²) in [5.41, 5.74) is 17.0. The molecule has 1 heterocycles. The molecule has 11 aromatic carbocycles. The quantitative estimate of drug-likeness (QED) is 0.159. The van der Waals surface area contributed by atoms with Crippen molar-refractivity contribution in [3.63, 3.8) is 0 Å². The monoisotopic (exact) mass is 827 g/mol. The summed E-state index contributed by atoms with van der Waals surface area (Å²) in [7, 11) is 0. The number of para-hydroxylation sites is 1. The normalized spacial score (nSPS) is 12.7. The van der Waals surface area contributed by atoms with E-state index in [1.165, 1.54) is 60.7 Å². The zero-order valence-corrected chi connectivity index (χ0v) is 35.5. The van der Waals surface area contributed by atoms with Crippen molar-refractivity contribution in [1.82, 2.24) is 0 Å². The van der Waals surface area contributed by atoms with Crippen molar-refractivity contribution >= 4 is 60.5 Å². The van der Waals surface area contributed by atoms with Gasteiger partial charge in [-0.2, -0.15) is 0 Å². The van der Waals surface area contributed by atoms with Crippen molar-refractivity contribution in [2.24, 2.45) is 0 Å². The van der Waals surface area contributed by atoms with Gasteiger partial charge in [-0.1, -0.05) is 206 Å². The van der Waals surface area contributed by atoms with Crippen molar-refractivity contribution in [3.8, 4) is 33.4 Å². The van der Waals surface area contributed by atoms with Gasteiger partial charge in [0.1, 0.15) is 11.2 Å². The summed E-state index contributed by atoms with van der Waals surface area (Å²) in [4.78, 5) is 2.37. The summed E-state index contributed by atoms with van der Waals surface area (Å²) < 4.78 is 6.75. The third-order valence-electron chi connectivity index (χ3n) is 13.7. The van der Waals surface area contributed by atoms with Crippen LogP contribution >= 0.6 is 0 Å². The summed E-state index contributed by atoms with van der Waals surface area (Å²) in [6, 6.07) is 90.7. The molecule has 0 atom stereocenters. The molecule has 65 heavy (non-hydrogen) atoms. The van der Waals surface area contributed by atoms with Gasteiger partial charge in [0.15, 0.2) is 0 Å². The molecule has 0 saturated heterocycles. The minimum Gasteiger partial charge on any atom is -0.455 e. The Hall–Kier alpha value is -8.46. The molecular formula is C63H41NO. The van der Waals surface area contributed by atoms with Gasteiger partial charge in [0.2, 0.25) is 0 Å². The van der Waals surface area contributed by atoms with Crippen molar-refractivity contribution < 1.29 is 4.42 Å². The Morgan fingerprint density at radius 2 is 0.815 bits per heavy atom. The molecule has 1 aliphatic carbocycles. The SMILES string of the molecule is c1ccc(C2(c3ccccc3)c3ccccc3-c3c(-c4ccc(N(c5ccc(-c6cccc7c6oc6c8ccccc8ccc76)cc5)c5ccc6ccccc6c5)cc4)cccc32)cc1. The van der Waals surface area contributed by atoms with Crippen molar-refractivity contribution in [2.45, 2.75) is 5.41 Å². The van der Waals surface area contributed by atoms with Gasteiger partial charge in [-0.15, -0.1) is 0 Å². The van der Waals surface area contributed by atoms with Gasteiger partial charge in [0.05, 0.1) is 5.41 Å². The second-order valence-electron chi connectivity index (χ2n) is 17.2. The number of hydrogen-bond donors (Lipinski definition) is 0. The Morgan fingerprint density at radius 3 is 1.55 bits per heavy atom. The van der Waals surface area contributed by atoms with Crippen LogP contribution in [-0.2, 0) is 5.41 Å². The van der Waals surface area contributed by atoms with Gasteiger partial charge >= 0.3 is 0 Å². The third-order valence-corrected chi connectivity index (χ3v) is 13.7. The summed E-state index contributed by atoms with van der Waals surface area (Å²) in [6.45, 7) is 0. The lowest BCUT2D eigenvalue weighted by molar-refractivity contribution is 0.674. The first kappa shape index (κ1) is 37.1. The highest BCUT2D eigenvalue weighted by Gasteiger charge is 2.46. The summed E-state index contributed by atoms with van der Waals surface area (Å²) in [5.74, 6) is 0. The van der Waals surface area contributed by atoms with Crippen molar-refractivity contribution in [1.29, 1.82) is 0 Å². The fourth-order valence-electron chi connectivity index (χ4n) is 10.8. The lowest BCUT2D eigenvalue weighted by atomic mass is 9.67.